The summed E-state index contributed by atoms with van der Waals surface area (Å²) in [6.45, 7) is 0.447. The molecule has 0 radical (unpaired) electrons. The minimum absolute atomic E-state index is 0.139. The van der Waals surface area contributed by atoms with Gasteiger partial charge in [0.05, 0.1) is 9.82 Å². The van der Waals surface area contributed by atoms with E-state index in [0.29, 0.717) is 23.0 Å². The summed E-state index contributed by atoms with van der Waals surface area (Å²) in [7, 11) is 1.76. The second-order valence-corrected chi connectivity index (χ2v) is 8.45. The molecular formula is C20H17N5O3S2. The van der Waals surface area contributed by atoms with Crippen molar-refractivity contribution in [3.05, 3.63) is 75.4 Å². The first kappa shape index (κ1) is 20.0. The van der Waals surface area contributed by atoms with E-state index in [1.54, 1.807) is 35.1 Å². The smallest absolute Gasteiger partial charge is 0.284 e. The lowest BCUT2D eigenvalue weighted by Gasteiger charge is -2.07. The van der Waals surface area contributed by atoms with E-state index in [0.717, 1.165) is 11.8 Å². The lowest BCUT2D eigenvalue weighted by atomic mass is 10.1. The largest absolute Gasteiger partial charge is 0.352 e. The first-order valence-electron chi connectivity index (χ1n) is 9.06. The molecule has 0 saturated carbocycles. The summed E-state index contributed by atoms with van der Waals surface area (Å²) in [5.41, 5.74) is 1.29. The molecule has 0 bridgehead atoms. The highest BCUT2D eigenvalue weighted by molar-refractivity contribution is 7.99. The molecule has 30 heavy (non-hydrogen) atoms. The van der Waals surface area contributed by atoms with Crippen molar-refractivity contribution in [2.45, 2.75) is 16.5 Å². The molecular weight excluding hydrogens is 422 g/mol. The number of aryl methyl sites for hydroxylation is 1. The summed E-state index contributed by atoms with van der Waals surface area (Å²) in [6, 6.07) is 12.6. The van der Waals surface area contributed by atoms with Gasteiger partial charge in [0.25, 0.3) is 11.6 Å². The summed E-state index contributed by atoms with van der Waals surface area (Å²) in [5.74, 6) is -0.340. The molecule has 4 aromatic rings. The third kappa shape index (κ3) is 4.19. The number of nitrogens with one attached hydrogen (secondary N) is 1. The molecule has 152 valence electrons. The van der Waals surface area contributed by atoms with E-state index in [1.165, 1.54) is 28.0 Å². The first-order valence-corrected chi connectivity index (χ1v) is 10.8. The first-order chi connectivity index (χ1) is 14.5. The van der Waals surface area contributed by atoms with Gasteiger partial charge in [-0.1, -0.05) is 18.2 Å². The topological polar surface area (TPSA) is 103 Å². The molecule has 8 nitrogen and oxygen atoms in total. The molecule has 0 aliphatic carbocycles. The Balaban J connectivity index is 1.45. The van der Waals surface area contributed by atoms with E-state index in [2.05, 4.69) is 33.0 Å². The molecule has 1 N–H and O–H groups in total. The highest BCUT2D eigenvalue weighted by Gasteiger charge is 2.20. The molecule has 10 heteroatoms. The Labute approximate surface area is 180 Å². The fraction of sp³-hybridized carbons (Fsp3) is 0.150. The second-order valence-electron chi connectivity index (χ2n) is 6.53. The number of aromatic nitrogens is 3. The monoisotopic (exact) mass is 439 g/mol. The van der Waals surface area contributed by atoms with Gasteiger partial charge in [-0.15, -0.1) is 21.5 Å². The molecule has 2 heterocycles. The van der Waals surface area contributed by atoms with Crippen LogP contribution in [0.2, 0.25) is 0 Å². The molecule has 1 amide bonds. The number of nitro groups is 1. The van der Waals surface area contributed by atoms with Crippen molar-refractivity contribution in [2.24, 2.45) is 7.05 Å². The van der Waals surface area contributed by atoms with Crippen molar-refractivity contribution in [3.8, 4) is 0 Å². The predicted molar refractivity (Wildman–Crippen MR) is 116 cm³/mol. The van der Waals surface area contributed by atoms with Gasteiger partial charge in [0.1, 0.15) is 6.33 Å². The highest BCUT2D eigenvalue weighted by Crippen LogP contribution is 2.34. The van der Waals surface area contributed by atoms with Crippen molar-refractivity contribution in [2.75, 3.05) is 6.54 Å². The van der Waals surface area contributed by atoms with Crippen molar-refractivity contribution in [1.82, 2.24) is 20.1 Å². The fourth-order valence-electron chi connectivity index (χ4n) is 2.99. The number of carbonyl (C=O) groups excluding carboxylic acids is 1. The summed E-state index contributed by atoms with van der Waals surface area (Å²) >= 11 is 2.81. The van der Waals surface area contributed by atoms with E-state index < -0.39 is 4.92 Å². The maximum Gasteiger partial charge on any atom is 0.284 e. The van der Waals surface area contributed by atoms with E-state index in [1.807, 2.05) is 12.1 Å². The van der Waals surface area contributed by atoms with E-state index in [9.17, 15) is 14.9 Å². The highest BCUT2D eigenvalue weighted by atomic mass is 32.2. The average molecular weight is 440 g/mol. The van der Waals surface area contributed by atoms with Crippen LogP contribution < -0.4 is 5.32 Å². The van der Waals surface area contributed by atoms with Gasteiger partial charge in [-0.05, 0) is 52.7 Å². The van der Waals surface area contributed by atoms with Crippen molar-refractivity contribution in [3.63, 3.8) is 0 Å². The molecule has 0 saturated heterocycles. The minimum atomic E-state index is -0.493. The number of nitrogens with zero attached hydrogens (tertiary/aromatic N) is 4. The Morgan fingerprint density at radius 1 is 1.30 bits per heavy atom. The van der Waals surface area contributed by atoms with Crippen LogP contribution in [0.3, 0.4) is 0 Å². The number of nitro benzene ring substituents is 1. The lowest BCUT2D eigenvalue weighted by Crippen LogP contribution is -2.25. The molecule has 2 aromatic carbocycles. The number of fused-ring (bicyclic) bond motifs is 1. The Hall–Kier alpha value is -3.24. The molecule has 0 aliphatic heterocycles. The van der Waals surface area contributed by atoms with Crippen LogP contribution in [0.5, 0.6) is 0 Å². The second kappa shape index (κ2) is 8.64. The molecule has 0 unspecified atom stereocenters. The van der Waals surface area contributed by atoms with Gasteiger partial charge in [-0.2, -0.15) is 0 Å². The van der Waals surface area contributed by atoms with Crippen LogP contribution in [0.25, 0.3) is 10.1 Å². The number of hydrogen-bond donors (Lipinski definition) is 1. The molecule has 0 fully saturated rings. The Kier molecular flexibility index (Phi) is 5.77. The standard InChI is InChI=1S/C20H17N5O3S2/c1-24-12-22-23-20(24)30-18-7-6-13(10-16(18)25(27)28)19(26)21-9-8-14-11-29-17-5-3-2-4-15(14)17/h2-7,10-12H,8-9H2,1H3,(H,21,26). The quantitative estimate of drug-likeness (QED) is 0.344. The van der Waals surface area contributed by atoms with Crippen LogP contribution in [0.15, 0.2) is 64.2 Å². The van der Waals surface area contributed by atoms with Crippen molar-refractivity contribution >= 4 is 44.8 Å². The number of carbonyl (C=O) groups is 1. The molecule has 4 rings (SSSR count). The predicted octanol–water partition coefficient (Wildman–Crippen LogP) is 4.06. The third-order valence-corrected chi connectivity index (χ3v) is 6.66. The van der Waals surface area contributed by atoms with E-state index >= 15 is 0 Å². The Morgan fingerprint density at radius 3 is 2.90 bits per heavy atom. The lowest BCUT2D eigenvalue weighted by molar-refractivity contribution is -0.387. The van der Waals surface area contributed by atoms with Crippen LogP contribution in [0, 0.1) is 10.1 Å². The van der Waals surface area contributed by atoms with Crippen molar-refractivity contribution in [1.29, 1.82) is 0 Å². The van der Waals surface area contributed by atoms with Gasteiger partial charge < -0.3 is 9.88 Å². The summed E-state index contributed by atoms with van der Waals surface area (Å²) in [6.07, 6.45) is 2.21. The number of hydrogen-bond acceptors (Lipinski definition) is 7. The maximum absolute atomic E-state index is 12.5. The van der Waals surface area contributed by atoms with Crippen molar-refractivity contribution < 1.29 is 9.72 Å². The average Bonchev–Trinajstić information content (AvgIpc) is 3.34. The molecule has 0 atom stereocenters. The number of benzene rings is 2. The zero-order valence-corrected chi connectivity index (χ0v) is 17.6. The van der Waals surface area contributed by atoms with Crippen LogP contribution in [-0.2, 0) is 13.5 Å². The van der Waals surface area contributed by atoms with E-state index in [-0.39, 0.29) is 17.2 Å². The molecule has 0 spiro atoms. The van der Waals surface area contributed by atoms with Gasteiger partial charge in [-0.3, -0.25) is 14.9 Å². The van der Waals surface area contributed by atoms with Gasteiger partial charge in [0.15, 0.2) is 5.16 Å². The van der Waals surface area contributed by atoms with Gasteiger partial charge >= 0.3 is 0 Å². The van der Waals surface area contributed by atoms with Crippen LogP contribution in [0.4, 0.5) is 5.69 Å². The fourth-order valence-corrected chi connectivity index (χ4v) is 4.84. The van der Waals surface area contributed by atoms with Crippen LogP contribution >= 0.6 is 23.1 Å². The Morgan fingerprint density at radius 2 is 2.13 bits per heavy atom. The summed E-state index contributed by atoms with van der Waals surface area (Å²) in [4.78, 5) is 24.0. The molecule has 2 aromatic heterocycles. The van der Waals surface area contributed by atoms with E-state index in [4.69, 9.17) is 0 Å². The number of amides is 1. The zero-order valence-electron chi connectivity index (χ0n) is 15.9. The minimum Gasteiger partial charge on any atom is -0.352 e. The summed E-state index contributed by atoms with van der Waals surface area (Å²) in [5, 5.41) is 25.9. The number of rotatable bonds is 7. The molecule has 0 aliphatic rings. The number of thiophene rings is 1. The van der Waals surface area contributed by atoms with Gasteiger partial charge in [0, 0.05) is 29.9 Å². The van der Waals surface area contributed by atoms with Crippen LogP contribution in [0.1, 0.15) is 15.9 Å². The summed E-state index contributed by atoms with van der Waals surface area (Å²) < 4.78 is 2.88. The zero-order chi connectivity index (χ0) is 21.1. The van der Waals surface area contributed by atoms with Gasteiger partial charge in [-0.25, -0.2) is 0 Å². The normalized spacial score (nSPS) is 11.0. The SMILES string of the molecule is Cn1cnnc1Sc1ccc(C(=O)NCCc2csc3ccccc23)cc1[N+](=O)[O-]. The van der Waals surface area contributed by atoms with Gasteiger partial charge in [0.2, 0.25) is 0 Å². The van der Waals surface area contributed by atoms with Crippen LogP contribution in [-0.4, -0.2) is 32.1 Å². The maximum atomic E-state index is 12.5. The Bertz CT molecular complexity index is 1230. The third-order valence-electron chi connectivity index (χ3n) is 4.53.